The first kappa shape index (κ1) is 12.8. The third-order valence-electron chi connectivity index (χ3n) is 3.45. The molecule has 2 unspecified atom stereocenters. The van der Waals surface area contributed by atoms with Crippen LogP contribution in [0.3, 0.4) is 0 Å². The summed E-state index contributed by atoms with van der Waals surface area (Å²) in [6.45, 7) is 2.28. The van der Waals surface area contributed by atoms with E-state index in [0.29, 0.717) is 25.6 Å². The van der Waals surface area contributed by atoms with E-state index in [1.54, 1.807) is 7.05 Å². The molecule has 2 aliphatic rings. The summed E-state index contributed by atoms with van der Waals surface area (Å²) in [5, 5.41) is 4.28. The Hall–Kier alpha value is -1.18. The van der Waals surface area contributed by atoms with Gasteiger partial charge in [0.1, 0.15) is 12.7 Å². The molecule has 1 aromatic rings. The molecule has 0 radical (unpaired) electrons. The van der Waals surface area contributed by atoms with Crippen molar-refractivity contribution in [2.24, 2.45) is 7.05 Å². The number of aromatic nitrogens is 3. The van der Waals surface area contributed by atoms with Crippen LogP contribution in [0, 0.1) is 0 Å². The zero-order valence-corrected chi connectivity index (χ0v) is 11.1. The number of rotatable bonds is 5. The quantitative estimate of drug-likeness (QED) is 0.705. The summed E-state index contributed by atoms with van der Waals surface area (Å²) in [5.41, 5.74) is -0.126. The molecule has 3 rings (SSSR count). The Morgan fingerprint density at radius 1 is 1.42 bits per heavy atom. The first-order valence-electron chi connectivity index (χ1n) is 6.71. The molecular formula is C12H19N3O4. The number of ether oxygens (including phenoxy) is 3. The molecule has 2 atom stereocenters. The maximum Gasteiger partial charge on any atom is 0.345 e. The molecule has 1 aromatic heterocycles. The lowest BCUT2D eigenvalue weighted by atomic mass is 10.2. The highest BCUT2D eigenvalue weighted by atomic mass is 16.7. The van der Waals surface area contributed by atoms with Gasteiger partial charge in [-0.3, -0.25) is 4.57 Å². The second kappa shape index (κ2) is 5.44. The van der Waals surface area contributed by atoms with Gasteiger partial charge in [-0.15, -0.1) is 0 Å². The van der Waals surface area contributed by atoms with E-state index < -0.39 is 0 Å². The molecular weight excluding hydrogens is 250 g/mol. The molecule has 3 heterocycles. The van der Waals surface area contributed by atoms with Gasteiger partial charge in [-0.2, -0.15) is 5.10 Å². The summed E-state index contributed by atoms with van der Waals surface area (Å²) in [5.74, 6) is 0.625. The fraction of sp³-hybridized carbons (Fsp3) is 0.833. The van der Waals surface area contributed by atoms with Gasteiger partial charge in [0.25, 0.3) is 0 Å². The predicted octanol–water partition coefficient (Wildman–Crippen LogP) is 0.0238. The van der Waals surface area contributed by atoms with Crippen LogP contribution >= 0.6 is 0 Å². The van der Waals surface area contributed by atoms with Crippen molar-refractivity contribution in [2.75, 3.05) is 13.2 Å². The van der Waals surface area contributed by atoms with Gasteiger partial charge >= 0.3 is 5.69 Å². The molecule has 0 N–H and O–H groups in total. The molecule has 7 heteroatoms. The van der Waals surface area contributed by atoms with Crippen LogP contribution in [-0.4, -0.2) is 40.0 Å². The van der Waals surface area contributed by atoms with Crippen LogP contribution in [0.4, 0.5) is 0 Å². The molecule has 2 saturated heterocycles. The van der Waals surface area contributed by atoms with E-state index in [4.69, 9.17) is 14.2 Å². The maximum atomic E-state index is 11.9. The molecule has 0 bridgehead atoms. The van der Waals surface area contributed by atoms with Gasteiger partial charge in [-0.25, -0.2) is 9.48 Å². The monoisotopic (exact) mass is 269 g/mol. The van der Waals surface area contributed by atoms with E-state index >= 15 is 0 Å². The Bertz CT molecular complexity index is 486. The van der Waals surface area contributed by atoms with Gasteiger partial charge in [-0.1, -0.05) is 0 Å². The van der Waals surface area contributed by atoms with Crippen LogP contribution in [0.1, 0.15) is 25.1 Å². The standard InChI is InChI=1S/C12H19N3O4/c1-14-10(8-19-11-4-2-3-5-17-11)13-15(12(14)16)6-9-7-18-9/h9,11H,2-8H2,1H3. The zero-order chi connectivity index (χ0) is 13.2. The smallest absolute Gasteiger partial charge is 0.345 e. The molecule has 2 fully saturated rings. The Kier molecular flexibility index (Phi) is 3.67. The molecule has 2 aliphatic heterocycles. The van der Waals surface area contributed by atoms with Crippen molar-refractivity contribution >= 4 is 0 Å². The summed E-state index contributed by atoms with van der Waals surface area (Å²) in [4.78, 5) is 11.9. The highest BCUT2D eigenvalue weighted by Gasteiger charge is 2.25. The zero-order valence-electron chi connectivity index (χ0n) is 11.1. The fourth-order valence-corrected chi connectivity index (χ4v) is 2.15. The van der Waals surface area contributed by atoms with Crippen molar-refractivity contribution in [3.63, 3.8) is 0 Å². The highest BCUT2D eigenvalue weighted by Crippen LogP contribution is 2.15. The number of hydrogen-bond donors (Lipinski definition) is 0. The molecule has 0 aliphatic carbocycles. The molecule has 0 spiro atoms. The Morgan fingerprint density at radius 3 is 2.95 bits per heavy atom. The number of hydrogen-bond acceptors (Lipinski definition) is 5. The normalized spacial score (nSPS) is 26.6. The molecule has 0 amide bonds. The van der Waals surface area contributed by atoms with Crippen LogP contribution in [0.25, 0.3) is 0 Å². The van der Waals surface area contributed by atoms with E-state index in [-0.39, 0.29) is 18.1 Å². The average molecular weight is 269 g/mol. The highest BCUT2D eigenvalue weighted by molar-refractivity contribution is 4.85. The minimum Gasteiger partial charge on any atom is -0.371 e. The maximum absolute atomic E-state index is 11.9. The van der Waals surface area contributed by atoms with Gasteiger partial charge in [0, 0.05) is 13.7 Å². The first-order chi connectivity index (χ1) is 9.24. The van der Waals surface area contributed by atoms with Crippen LogP contribution in [0.2, 0.25) is 0 Å². The van der Waals surface area contributed by atoms with E-state index in [2.05, 4.69) is 5.10 Å². The van der Waals surface area contributed by atoms with Crippen LogP contribution in [0.15, 0.2) is 4.79 Å². The largest absolute Gasteiger partial charge is 0.371 e. The second-order valence-electron chi connectivity index (χ2n) is 5.00. The molecule has 19 heavy (non-hydrogen) atoms. The number of epoxide rings is 1. The summed E-state index contributed by atoms with van der Waals surface area (Å²) >= 11 is 0. The van der Waals surface area contributed by atoms with Crippen LogP contribution in [-0.2, 0) is 34.4 Å². The minimum atomic E-state index is -0.166. The van der Waals surface area contributed by atoms with E-state index in [0.717, 1.165) is 25.9 Å². The van der Waals surface area contributed by atoms with Gasteiger partial charge in [0.2, 0.25) is 0 Å². The van der Waals surface area contributed by atoms with Crippen LogP contribution in [0.5, 0.6) is 0 Å². The Labute approximate surface area is 111 Å². The minimum absolute atomic E-state index is 0.126. The average Bonchev–Trinajstić information content (AvgIpc) is 3.21. The third kappa shape index (κ3) is 3.05. The number of nitrogens with zero attached hydrogens (tertiary/aromatic N) is 3. The topological polar surface area (TPSA) is 70.8 Å². The van der Waals surface area contributed by atoms with Gasteiger partial charge in [0.15, 0.2) is 12.1 Å². The fourth-order valence-electron chi connectivity index (χ4n) is 2.15. The van der Waals surface area contributed by atoms with Gasteiger partial charge in [-0.05, 0) is 19.3 Å². The van der Waals surface area contributed by atoms with Crippen molar-refractivity contribution in [3.05, 3.63) is 16.3 Å². The van der Waals surface area contributed by atoms with E-state index in [1.807, 2.05) is 0 Å². The Morgan fingerprint density at radius 2 is 2.26 bits per heavy atom. The van der Waals surface area contributed by atoms with Crippen molar-refractivity contribution in [1.29, 1.82) is 0 Å². The summed E-state index contributed by atoms with van der Waals surface area (Å²) in [6.07, 6.45) is 3.10. The van der Waals surface area contributed by atoms with Crippen molar-refractivity contribution < 1.29 is 14.2 Å². The lowest BCUT2D eigenvalue weighted by Gasteiger charge is -2.22. The second-order valence-corrected chi connectivity index (χ2v) is 5.00. The lowest BCUT2D eigenvalue weighted by molar-refractivity contribution is -0.170. The molecule has 106 valence electrons. The van der Waals surface area contributed by atoms with E-state index in [9.17, 15) is 4.79 Å². The summed E-state index contributed by atoms with van der Waals surface area (Å²) in [6, 6.07) is 0. The van der Waals surface area contributed by atoms with Crippen molar-refractivity contribution in [3.8, 4) is 0 Å². The summed E-state index contributed by atoms with van der Waals surface area (Å²) in [7, 11) is 1.71. The SMILES string of the molecule is Cn1c(COC2CCCCO2)nn(CC2CO2)c1=O. The molecule has 0 aromatic carbocycles. The Balaban J connectivity index is 1.61. The molecule has 0 saturated carbocycles. The van der Waals surface area contributed by atoms with Crippen LogP contribution < -0.4 is 5.69 Å². The van der Waals surface area contributed by atoms with Gasteiger partial charge in [0.05, 0.1) is 13.2 Å². The molecule has 7 nitrogen and oxygen atoms in total. The third-order valence-corrected chi connectivity index (χ3v) is 3.45. The first-order valence-corrected chi connectivity index (χ1v) is 6.71. The van der Waals surface area contributed by atoms with Crippen molar-refractivity contribution in [1.82, 2.24) is 14.3 Å². The summed E-state index contributed by atoms with van der Waals surface area (Å²) < 4.78 is 19.2. The van der Waals surface area contributed by atoms with Gasteiger partial charge < -0.3 is 14.2 Å². The predicted molar refractivity (Wildman–Crippen MR) is 65.6 cm³/mol. The van der Waals surface area contributed by atoms with Crippen molar-refractivity contribution in [2.45, 2.75) is 44.8 Å². The lowest BCUT2D eigenvalue weighted by Crippen LogP contribution is -2.25. The van der Waals surface area contributed by atoms with E-state index in [1.165, 1.54) is 9.25 Å².